The Morgan fingerprint density at radius 3 is 1.86 bits per heavy atom. The number of hydrogen-bond donors (Lipinski definition) is 0. The van der Waals surface area contributed by atoms with Gasteiger partial charge in [-0.1, -0.05) is 127 Å². The molecule has 0 radical (unpaired) electrons. The highest BCUT2D eigenvalue weighted by Crippen LogP contribution is 2.60. The number of para-hydroxylation sites is 1. The van der Waals surface area contributed by atoms with Crippen molar-refractivity contribution in [3.8, 4) is 11.1 Å². The Balaban J connectivity index is 1.68. The van der Waals surface area contributed by atoms with Crippen LogP contribution in [0.4, 0.5) is 0 Å². The third kappa shape index (κ3) is 2.69. The lowest BCUT2D eigenvalue weighted by atomic mass is 9.67. The summed E-state index contributed by atoms with van der Waals surface area (Å²) < 4.78 is 2.38. The standard InChI is InChI=1S/C35H22IN/c36-37-31-18-10-9-17-27(31)28-20-21-29-32-26-16-8-7-11-23(26)19-22-30(32)35(33(29)34(28)37,24-12-3-1-4-13-24)25-14-5-2-6-15-25/h1-22H. The van der Waals surface area contributed by atoms with Crippen LogP contribution in [0.5, 0.6) is 0 Å². The van der Waals surface area contributed by atoms with E-state index in [2.05, 4.69) is 159 Å². The van der Waals surface area contributed by atoms with Crippen LogP contribution in [0.1, 0.15) is 22.3 Å². The lowest BCUT2D eigenvalue weighted by Crippen LogP contribution is -2.29. The number of nitrogens with zero attached hydrogens (tertiary/aromatic N) is 1. The second kappa shape index (κ2) is 7.80. The van der Waals surface area contributed by atoms with Gasteiger partial charge in [-0.15, -0.1) is 0 Å². The summed E-state index contributed by atoms with van der Waals surface area (Å²) in [6, 6.07) is 49.2. The van der Waals surface area contributed by atoms with E-state index in [0.29, 0.717) is 0 Å². The average Bonchev–Trinajstić information content (AvgIpc) is 3.44. The second-order valence-corrected chi connectivity index (χ2v) is 10.8. The van der Waals surface area contributed by atoms with Crippen LogP contribution >= 0.6 is 22.9 Å². The molecule has 0 atom stereocenters. The van der Waals surface area contributed by atoms with Crippen LogP contribution in [-0.2, 0) is 5.41 Å². The third-order valence-electron chi connectivity index (χ3n) is 8.17. The maximum atomic E-state index is 2.51. The van der Waals surface area contributed by atoms with E-state index in [1.165, 1.54) is 66.0 Å². The minimum Gasteiger partial charge on any atom is -0.281 e. The lowest BCUT2D eigenvalue weighted by Gasteiger charge is -2.34. The highest BCUT2D eigenvalue weighted by Gasteiger charge is 2.48. The van der Waals surface area contributed by atoms with Gasteiger partial charge in [0.05, 0.1) is 39.3 Å². The quantitative estimate of drug-likeness (QED) is 0.179. The molecule has 7 aromatic rings. The van der Waals surface area contributed by atoms with Crippen molar-refractivity contribution >= 4 is 55.4 Å². The van der Waals surface area contributed by atoms with E-state index >= 15 is 0 Å². The van der Waals surface area contributed by atoms with Crippen molar-refractivity contribution in [2.75, 3.05) is 0 Å². The number of halogens is 1. The van der Waals surface area contributed by atoms with Gasteiger partial charge >= 0.3 is 0 Å². The lowest BCUT2D eigenvalue weighted by molar-refractivity contribution is 0.774. The van der Waals surface area contributed by atoms with Crippen molar-refractivity contribution in [3.05, 3.63) is 156 Å². The topological polar surface area (TPSA) is 4.93 Å². The van der Waals surface area contributed by atoms with Gasteiger partial charge in [-0.2, -0.15) is 0 Å². The van der Waals surface area contributed by atoms with Crippen molar-refractivity contribution in [1.29, 1.82) is 0 Å². The van der Waals surface area contributed by atoms with E-state index < -0.39 is 5.41 Å². The van der Waals surface area contributed by atoms with Gasteiger partial charge in [0.15, 0.2) is 0 Å². The Kier molecular flexibility index (Phi) is 4.47. The van der Waals surface area contributed by atoms with Crippen molar-refractivity contribution in [2.45, 2.75) is 5.41 Å². The molecule has 0 spiro atoms. The molecule has 8 rings (SSSR count). The first-order valence-corrected chi connectivity index (χ1v) is 13.6. The molecular formula is C35H22IN. The van der Waals surface area contributed by atoms with Gasteiger partial charge in [0.25, 0.3) is 0 Å². The summed E-state index contributed by atoms with van der Waals surface area (Å²) in [6.45, 7) is 0. The minimum atomic E-state index is -0.436. The van der Waals surface area contributed by atoms with Gasteiger partial charge in [0.2, 0.25) is 0 Å². The van der Waals surface area contributed by atoms with Crippen molar-refractivity contribution in [2.24, 2.45) is 0 Å². The molecule has 1 aromatic heterocycles. The van der Waals surface area contributed by atoms with E-state index in [-0.39, 0.29) is 0 Å². The molecule has 1 heterocycles. The molecule has 0 saturated carbocycles. The van der Waals surface area contributed by atoms with Gasteiger partial charge in [-0.25, -0.2) is 0 Å². The molecule has 0 saturated heterocycles. The van der Waals surface area contributed by atoms with Crippen molar-refractivity contribution in [3.63, 3.8) is 0 Å². The molecule has 0 fully saturated rings. The summed E-state index contributed by atoms with van der Waals surface area (Å²) >= 11 is 2.51. The van der Waals surface area contributed by atoms with Crippen LogP contribution in [0.15, 0.2) is 133 Å². The maximum absolute atomic E-state index is 2.51. The first kappa shape index (κ1) is 21.2. The van der Waals surface area contributed by atoms with Crippen LogP contribution in [0.3, 0.4) is 0 Å². The zero-order valence-corrected chi connectivity index (χ0v) is 22.2. The van der Waals surface area contributed by atoms with E-state index in [0.717, 1.165) is 0 Å². The van der Waals surface area contributed by atoms with Crippen LogP contribution < -0.4 is 0 Å². The largest absolute Gasteiger partial charge is 0.281 e. The fourth-order valence-corrected chi connectivity index (χ4v) is 7.67. The molecule has 1 aliphatic rings. The zero-order chi connectivity index (χ0) is 24.6. The summed E-state index contributed by atoms with van der Waals surface area (Å²) in [7, 11) is 0. The van der Waals surface area contributed by atoms with E-state index in [1.807, 2.05) is 0 Å². The summed E-state index contributed by atoms with van der Waals surface area (Å²) in [4.78, 5) is 0. The molecule has 174 valence electrons. The SMILES string of the molecule is In1c2ccccc2c2ccc3c(c21)C(c1ccccc1)(c1ccccc1)c1ccc2ccccc2c1-3. The molecule has 0 unspecified atom stereocenters. The fraction of sp³-hybridized carbons (Fsp3) is 0.0286. The predicted octanol–water partition coefficient (Wildman–Crippen LogP) is 9.51. The monoisotopic (exact) mass is 583 g/mol. The number of aromatic nitrogens is 1. The van der Waals surface area contributed by atoms with Gasteiger partial charge in [-0.3, -0.25) is 2.78 Å². The maximum Gasteiger partial charge on any atom is 0.0734 e. The summed E-state index contributed by atoms with van der Waals surface area (Å²) in [5.41, 5.74) is 10.1. The Hall–Kier alpha value is -3.89. The Morgan fingerprint density at radius 2 is 1.14 bits per heavy atom. The van der Waals surface area contributed by atoms with Crippen molar-refractivity contribution < 1.29 is 0 Å². The number of fused-ring (bicyclic) bond motifs is 9. The molecule has 6 aromatic carbocycles. The van der Waals surface area contributed by atoms with Crippen LogP contribution in [0.25, 0.3) is 43.7 Å². The number of rotatable bonds is 2. The molecule has 0 aliphatic heterocycles. The van der Waals surface area contributed by atoms with E-state index in [1.54, 1.807) is 0 Å². The van der Waals surface area contributed by atoms with Gasteiger partial charge in [0.1, 0.15) is 0 Å². The van der Waals surface area contributed by atoms with Gasteiger partial charge in [0, 0.05) is 16.3 Å². The Labute approximate surface area is 229 Å². The highest BCUT2D eigenvalue weighted by molar-refractivity contribution is 14.1. The Morgan fingerprint density at radius 1 is 0.514 bits per heavy atom. The molecule has 1 aliphatic carbocycles. The molecule has 37 heavy (non-hydrogen) atoms. The van der Waals surface area contributed by atoms with Crippen LogP contribution in [-0.4, -0.2) is 2.78 Å². The predicted molar refractivity (Wildman–Crippen MR) is 164 cm³/mol. The van der Waals surface area contributed by atoms with Gasteiger partial charge < -0.3 is 0 Å². The first-order valence-electron chi connectivity index (χ1n) is 12.7. The molecule has 1 nitrogen and oxygen atoms in total. The Bertz CT molecular complexity index is 1940. The molecule has 0 bridgehead atoms. The highest BCUT2D eigenvalue weighted by atomic mass is 127. The molecule has 0 N–H and O–H groups in total. The zero-order valence-electron chi connectivity index (χ0n) is 20.0. The van der Waals surface area contributed by atoms with Gasteiger partial charge in [-0.05, 0) is 44.7 Å². The van der Waals surface area contributed by atoms with Crippen molar-refractivity contribution in [1.82, 2.24) is 2.78 Å². The van der Waals surface area contributed by atoms with E-state index in [4.69, 9.17) is 0 Å². The number of benzene rings is 6. The summed E-state index contributed by atoms with van der Waals surface area (Å²) in [6.07, 6.45) is 0. The summed E-state index contributed by atoms with van der Waals surface area (Å²) in [5, 5.41) is 5.19. The van der Waals surface area contributed by atoms with Crippen LogP contribution in [0.2, 0.25) is 0 Å². The second-order valence-electron chi connectivity index (χ2n) is 9.87. The number of hydrogen-bond acceptors (Lipinski definition) is 0. The fourth-order valence-electron chi connectivity index (χ4n) is 6.74. The average molecular weight is 583 g/mol. The third-order valence-corrected chi connectivity index (χ3v) is 9.17. The normalized spacial score (nSPS) is 13.8. The smallest absolute Gasteiger partial charge is 0.0734 e. The molecule has 2 heteroatoms. The molecular weight excluding hydrogens is 561 g/mol. The summed E-state index contributed by atoms with van der Waals surface area (Å²) in [5.74, 6) is 0. The van der Waals surface area contributed by atoms with E-state index in [9.17, 15) is 0 Å². The molecule has 0 amide bonds. The first-order chi connectivity index (χ1) is 18.3. The van der Waals surface area contributed by atoms with Crippen LogP contribution in [0, 0.1) is 0 Å². The minimum absolute atomic E-state index is 0.436.